The van der Waals surface area contributed by atoms with Crippen molar-refractivity contribution in [3.05, 3.63) is 22.2 Å². The highest BCUT2D eigenvalue weighted by molar-refractivity contribution is 6.33. The molecule has 32 heavy (non-hydrogen) atoms. The number of halogens is 1. The van der Waals surface area contributed by atoms with Crippen LogP contribution in [0.25, 0.3) is 0 Å². The van der Waals surface area contributed by atoms with Gasteiger partial charge in [0.25, 0.3) is 5.91 Å². The molecule has 2 heterocycles. The van der Waals surface area contributed by atoms with Gasteiger partial charge in [0.15, 0.2) is 0 Å². The van der Waals surface area contributed by atoms with Crippen LogP contribution >= 0.6 is 11.6 Å². The number of ether oxygens (including phenoxy) is 1. The maximum absolute atomic E-state index is 12.7. The van der Waals surface area contributed by atoms with Crippen LogP contribution in [0, 0.1) is 5.92 Å². The van der Waals surface area contributed by atoms with Crippen LogP contribution in [0.5, 0.6) is 5.75 Å². The first-order chi connectivity index (χ1) is 15.5. The summed E-state index contributed by atoms with van der Waals surface area (Å²) in [6.07, 6.45) is 9.79. The molecule has 0 bridgehead atoms. The van der Waals surface area contributed by atoms with Gasteiger partial charge >= 0.3 is 5.97 Å². The molecule has 3 rings (SSSR count). The van der Waals surface area contributed by atoms with Crippen molar-refractivity contribution in [2.45, 2.75) is 71.1 Å². The first-order valence-corrected chi connectivity index (χ1v) is 12.3. The van der Waals surface area contributed by atoms with E-state index in [1.807, 2.05) is 0 Å². The van der Waals surface area contributed by atoms with Crippen LogP contribution in [0.15, 0.2) is 6.07 Å². The molecule has 0 aromatic heterocycles. The molecule has 2 aliphatic rings. The fourth-order valence-electron chi connectivity index (χ4n) is 4.31. The van der Waals surface area contributed by atoms with Gasteiger partial charge in [-0.05, 0) is 31.2 Å². The summed E-state index contributed by atoms with van der Waals surface area (Å²) >= 11 is 6.20. The molecule has 1 fully saturated rings. The van der Waals surface area contributed by atoms with Crippen molar-refractivity contribution in [1.82, 2.24) is 10.4 Å². The smallest absolute Gasteiger partial charge is 0.325 e. The first-order valence-electron chi connectivity index (χ1n) is 12.0. The SMILES string of the molecule is CCCCCCCCC(=O)ON1CCC(CNC(=O)c2cc(Cl)c(N)c3c2OCC3)CC1. The van der Waals surface area contributed by atoms with E-state index in [0.717, 1.165) is 31.2 Å². The normalized spacial score (nSPS) is 16.4. The number of nitrogens with zero attached hydrogens (tertiary/aromatic N) is 1. The number of rotatable bonds is 11. The number of hydrogen-bond acceptors (Lipinski definition) is 6. The van der Waals surface area contributed by atoms with E-state index < -0.39 is 0 Å². The predicted octanol–water partition coefficient (Wildman–Crippen LogP) is 4.51. The number of nitrogen functional groups attached to an aromatic ring is 1. The number of fused-ring (bicyclic) bond motifs is 1. The average Bonchev–Trinajstić information content (AvgIpc) is 3.28. The second-order valence-electron chi connectivity index (χ2n) is 8.79. The van der Waals surface area contributed by atoms with E-state index in [0.29, 0.717) is 67.0 Å². The Bertz CT molecular complexity index is 794. The molecule has 0 atom stereocenters. The summed E-state index contributed by atoms with van der Waals surface area (Å²) in [4.78, 5) is 30.3. The molecule has 1 amide bonds. The van der Waals surface area contributed by atoms with Gasteiger partial charge < -0.3 is 20.6 Å². The zero-order valence-electron chi connectivity index (χ0n) is 19.1. The standard InChI is InChI=1S/C24H36ClN3O4/c1-2-3-4-5-6-7-8-21(29)32-28-12-9-17(10-13-28)16-27-24(30)19-15-20(25)22(26)18-11-14-31-23(18)19/h15,17H,2-14,16,26H2,1H3,(H,27,30). The second-order valence-corrected chi connectivity index (χ2v) is 9.20. The number of carbonyl (C=O) groups excluding carboxylic acids is 2. The van der Waals surface area contributed by atoms with Gasteiger partial charge in [0.05, 0.1) is 22.9 Å². The number of amides is 1. The number of nitrogens with two attached hydrogens (primary N) is 1. The Kier molecular flexibility index (Phi) is 9.48. The molecule has 7 nitrogen and oxygen atoms in total. The molecule has 0 unspecified atom stereocenters. The van der Waals surface area contributed by atoms with Crippen molar-refractivity contribution in [3.63, 3.8) is 0 Å². The maximum Gasteiger partial charge on any atom is 0.325 e. The quantitative estimate of drug-likeness (QED) is 0.369. The number of piperidine rings is 1. The van der Waals surface area contributed by atoms with E-state index in [1.54, 1.807) is 11.1 Å². The molecule has 0 spiro atoms. The molecule has 2 aliphatic heterocycles. The maximum atomic E-state index is 12.7. The highest BCUT2D eigenvalue weighted by atomic mass is 35.5. The Morgan fingerprint density at radius 2 is 1.94 bits per heavy atom. The third kappa shape index (κ3) is 6.75. The summed E-state index contributed by atoms with van der Waals surface area (Å²) in [5.41, 5.74) is 7.76. The van der Waals surface area contributed by atoms with Crippen molar-refractivity contribution in [2.24, 2.45) is 5.92 Å². The fourth-order valence-corrected chi connectivity index (χ4v) is 4.54. The van der Waals surface area contributed by atoms with Gasteiger partial charge in [0.2, 0.25) is 0 Å². The lowest BCUT2D eigenvalue weighted by Gasteiger charge is -2.30. The lowest BCUT2D eigenvalue weighted by atomic mass is 9.97. The van der Waals surface area contributed by atoms with E-state index in [4.69, 9.17) is 26.9 Å². The first kappa shape index (κ1) is 24.6. The summed E-state index contributed by atoms with van der Waals surface area (Å²) in [6.45, 7) is 4.65. The Labute approximate surface area is 195 Å². The van der Waals surface area contributed by atoms with Crippen molar-refractivity contribution in [1.29, 1.82) is 0 Å². The molecule has 1 aromatic carbocycles. The monoisotopic (exact) mass is 465 g/mol. The predicted molar refractivity (Wildman–Crippen MR) is 126 cm³/mol. The van der Waals surface area contributed by atoms with Crippen LogP contribution in [0.1, 0.15) is 80.6 Å². The number of anilines is 1. The lowest BCUT2D eigenvalue weighted by Crippen LogP contribution is -2.39. The van der Waals surface area contributed by atoms with E-state index in [1.165, 1.54) is 25.7 Å². The van der Waals surface area contributed by atoms with Crippen LogP contribution in [0.4, 0.5) is 5.69 Å². The van der Waals surface area contributed by atoms with Gasteiger partial charge in [0, 0.05) is 38.0 Å². The van der Waals surface area contributed by atoms with Crippen LogP contribution in [-0.2, 0) is 16.1 Å². The van der Waals surface area contributed by atoms with E-state index >= 15 is 0 Å². The molecule has 3 N–H and O–H groups in total. The van der Waals surface area contributed by atoms with Gasteiger partial charge in [-0.15, -0.1) is 5.06 Å². The Morgan fingerprint density at radius 1 is 1.22 bits per heavy atom. The molecule has 0 radical (unpaired) electrons. The number of hydroxylamine groups is 2. The third-order valence-electron chi connectivity index (χ3n) is 6.31. The number of carbonyl (C=O) groups is 2. The van der Waals surface area contributed by atoms with Crippen molar-refractivity contribution in [3.8, 4) is 5.75 Å². The minimum absolute atomic E-state index is 0.138. The van der Waals surface area contributed by atoms with Gasteiger partial charge in [-0.25, -0.2) is 0 Å². The molecule has 8 heteroatoms. The molecular formula is C24H36ClN3O4. The summed E-state index contributed by atoms with van der Waals surface area (Å²) < 4.78 is 5.63. The number of nitrogens with one attached hydrogen (secondary N) is 1. The number of unbranched alkanes of at least 4 members (excludes halogenated alkanes) is 5. The zero-order valence-corrected chi connectivity index (χ0v) is 19.8. The Morgan fingerprint density at radius 3 is 2.69 bits per heavy atom. The molecule has 178 valence electrons. The number of hydrogen-bond donors (Lipinski definition) is 2. The Hall–Kier alpha value is -1.99. The van der Waals surface area contributed by atoms with Crippen molar-refractivity contribution < 1.29 is 19.2 Å². The highest BCUT2D eigenvalue weighted by Crippen LogP contribution is 2.38. The summed E-state index contributed by atoms with van der Waals surface area (Å²) in [7, 11) is 0. The van der Waals surface area contributed by atoms with Crippen LogP contribution in [0.2, 0.25) is 5.02 Å². The van der Waals surface area contributed by atoms with Gasteiger partial charge in [-0.1, -0.05) is 50.6 Å². The van der Waals surface area contributed by atoms with Crippen molar-refractivity contribution >= 4 is 29.2 Å². The minimum atomic E-state index is -0.196. The zero-order chi connectivity index (χ0) is 22.9. The molecular weight excluding hydrogens is 430 g/mol. The van der Waals surface area contributed by atoms with Crippen molar-refractivity contribution in [2.75, 3.05) is 32.0 Å². The summed E-state index contributed by atoms with van der Waals surface area (Å²) in [6, 6.07) is 1.59. The molecule has 1 aromatic rings. The highest BCUT2D eigenvalue weighted by Gasteiger charge is 2.27. The second kappa shape index (κ2) is 12.3. The van der Waals surface area contributed by atoms with E-state index in [-0.39, 0.29) is 11.9 Å². The van der Waals surface area contributed by atoms with Crippen LogP contribution in [0.3, 0.4) is 0 Å². The average molecular weight is 466 g/mol. The minimum Gasteiger partial charge on any atom is -0.492 e. The third-order valence-corrected chi connectivity index (χ3v) is 6.62. The molecule has 0 aliphatic carbocycles. The van der Waals surface area contributed by atoms with Gasteiger partial charge in [-0.2, -0.15) is 0 Å². The number of benzene rings is 1. The molecule has 0 saturated carbocycles. The summed E-state index contributed by atoms with van der Waals surface area (Å²) in [5.74, 6) is 0.557. The summed E-state index contributed by atoms with van der Waals surface area (Å²) in [5, 5.41) is 5.15. The Balaban J connectivity index is 1.35. The van der Waals surface area contributed by atoms with Crippen LogP contribution < -0.4 is 15.8 Å². The largest absolute Gasteiger partial charge is 0.492 e. The fraction of sp³-hybridized carbons (Fsp3) is 0.667. The topological polar surface area (TPSA) is 93.9 Å². The lowest BCUT2D eigenvalue weighted by molar-refractivity contribution is -0.196. The van der Waals surface area contributed by atoms with Crippen LogP contribution in [-0.4, -0.2) is 43.2 Å². The van der Waals surface area contributed by atoms with Gasteiger partial charge in [0.1, 0.15) is 5.75 Å². The molecule has 1 saturated heterocycles. The van der Waals surface area contributed by atoms with E-state index in [2.05, 4.69) is 12.2 Å². The van der Waals surface area contributed by atoms with Gasteiger partial charge in [-0.3, -0.25) is 9.59 Å². The van der Waals surface area contributed by atoms with E-state index in [9.17, 15) is 9.59 Å².